The Balaban J connectivity index is 1.91. The van der Waals surface area contributed by atoms with E-state index >= 15 is 0 Å². The molecule has 3 N–H and O–H groups in total. The number of ether oxygens (including phenoxy) is 1. The Kier molecular flexibility index (Phi) is 3.53. The van der Waals surface area contributed by atoms with Crippen LogP contribution in [0, 0.1) is 5.82 Å². The first-order valence-corrected chi connectivity index (χ1v) is 6.38. The van der Waals surface area contributed by atoms with Crippen molar-refractivity contribution in [3.05, 3.63) is 60.0 Å². The van der Waals surface area contributed by atoms with Crippen molar-refractivity contribution >= 4 is 5.91 Å². The number of benzene rings is 2. The standard InChI is InChI=1S/C15H11FN4O2/c16-10-4-6-11(7-5-10)22-12-3-1-2-9(8-12)13-14(15(17)21)19-20-18-13/h1-8H,(H2,17,21)(H,18,19,20). The summed E-state index contributed by atoms with van der Waals surface area (Å²) < 4.78 is 18.5. The zero-order chi connectivity index (χ0) is 15.5. The molecule has 22 heavy (non-hydrogen) atoms. The number of H-pyrrole nitrogens is 1. The van der Waals surface area contributed by atoms with Crippen molar-refractivity contribution in [3.8, 4) is 22.8 Å². The highest BCUT2D eigenvalue weighted by molar-refractivity contribution is 5.96. The summed E-state index contributed by atoms with van der Waals surface area (Å²) >= 11 is 0. The van der Waals surface area contributed by atoms with Crippen molar-refractivity contribution in [1.82, 2.24) is 15.4 Å². The number of nitrogens with two attached hydrogens (primary N) is 1. The SMILES string of the molecule is NC(=O)c1n[nH]nc1-c1cccc(Oc2ccc(F)cc2)c1. The summed E-state index contributed by atoms with van der Waals surface area (Å²) in [5, 5.41) is 10.0. The second-order valence-electron chi connectivity index (χ2n) is 4.47. The van der Waals surface area contributed by atoms with Gasteiger partial charge >= 0.3 is 0 Å². The number of nitrogens with one attached hydrogen (secondary N) is 1. The highest BCUT2D eigenvalue weighted by Crippen LogP contribution is 2.27. The third-order valence-corrected chi connectivity index (χ3v) is 2.94. The average Bonchev–Trinajstić information content (AvgIpc) is 3.00. The van der Waals surface area contributed by atoms with Crippen LogP contribution in [0.1, 0.15) is 10.5 Å². The Morgan fingerprint density at radius 1 is 1.09 bits per heavy atom. The van der Waals surface area contributed by atoms with Crippen LogP contribution in [0.5, 0.6) is 11.5 Å². The zero-order valence-electron chi connectivity index (χ0n) is 11.3. The van der Waals surface area contributed by atoms with Gasteiger partial charge in [-0.3, -0.25) is 4.79 Å². The van der Waals surface area contributed by atoms with Crippen molar-refractivity contribution in [2.75, 3.05) is 0 Å². The van der Waals surface area contributed by atoms with Gasteiger partial charge in [0, 0.05) is 5.56 Å². The fourth-order valence-corrected chi connectivity index (χ4v) is 1.95. The van der Waals surface area contributed by atoms with Gasteiger partial charge in [-0.1, -0.05) is 12.1 Å². The van der Waals surface area contributed by atoms with Crippen molar-refractivity contribution < 1.29 is 13.9 Å². The van der Waals surface area contributed by atoms with Gasteiger partial charge in [0.05, 0.1) is 0 Å². The van der Waals surface area contributed by atoms with Gasteiger partial charge in [0.15, 0.2) is 5.69 Å². The summed E-state index contributed by atoms with van der Waals surface area (Å²) in [6.07, 6.45) is 0. The summed E-state index contributed by atoms with van der Waals surface area (Å²) in [7, 11) is 0. The molecule has 1 amide bonds. The number of hydrogen-bond donors (Lipinski definition) is 2. The Morgan fingerprint density at radius 3 is 2.59 bits per heavy atom. The van der Waals surface area contributed by atoms with Crippen LogP contribution in [0.3, 0.4) is 0 Å². The lowest BCUT2D eigenvalue weighted by Gasteiger charge is -2.07. The van der Waals surface area contributed by atoms with Gasteiger partial charge < -0.3 is 10.5 Å². The monoisotopic (exact) mass is 298 g/mol. The second-order valence-corrected chi connectivity index (χ2v) is 4.47. The number of carbonyl (C=O) groups excluding carboxylic acids is 1. The molecule has 0 aliphatic heterocycles. The number of hydrogen-bond acceptors (Lipinski definition) is 4. The van der Waals surface area contributed by atoms with E-state index in [-0.39, 0.29) is 11.5 Å². The van der Waals surface area contributed by atoms with Crippen LogP contribution in [-0.2, 0) is 0 Å². The largest absolute Gasteiger partial charge is 0.457 e. The predicted molar refractivity (Wildman–Crippen MR) is 76.8 cm³/mol. The van der Waals surface area contributed by atoms with E-state index in [4.69, 9.17) is 10.5 Å². The molecular formula is C15H11FN4O2. The minimum absolute atomic E-state index is 0.0546. The number of nitrogens with zero attached hydrogens (tertiary/aromatic N) is 2. The van der Waals surface area contributed by atoms with Crippen molar-refractivity contribution in [1.29, 1.82) is 0 Å². The first kappa shape index (κ1) is 13.7. The summed E-state index contributed by atoms with van der Waals surface area (Å²) in [5.74, 6) is -0.000222. The molecule has 110 valence electrons. The molecule has 1 aromatic heterocycles. The maximum Gasteiger partial charge on any atom is 0.271 e. The summed E-state index contributed by atoms with van der Waals surface area (Å²) in [5.41, 5.74) is 6.27. The van der Waals surface area contributed by atoms with Crippen LogP contribution in [0.25, 0.3) is 11.3 Å². The topological polar surface area (TPSA) is 93.9 Å². The Hall–Kier alpha value is -3.22. The van der Waals surface area contributed by atoms with Crippen molar-refractivity contribution in [2.45, 2.75) is 0 Å². The Bertz CT molecular complexity index is 814. The number of primary amides is 1. The lowest BCUT2D eigenvalue weighted by atomic mass is 10.1. The second kappa shape index (κ2) is 5.65. The normalized spacial score (nSPS) is 10.4. The average molecular weight is 298 g/mol. The number of halogens is 1. The molecule has 0 spiro atoms. The molecule has 0 aliphatic carbocycles. The Morgan fingerprint density at radius 2 is 1.86 bits per heavy atom. The molecule has 0 aliphatic rings. The fourth-order valence-electron chi connectivity index (χ4n) is 1.95. The molecule has 3 aromatic rings. The maximum atomic E-state index is 12.9. The van der Waals surface area contributed by atoms with E-state index in [1.54, 1.807) is 24.3 Å². The number of amides is 1. The molecule has 0 fully saturated rings. The van der Waals surface area contributed by atoms with Crippen LogP contribution in [0.4, 0.5) is 4.39 Å². The van der Waals surface area contributed by atoms with E-state index in [2.05, 4.69) is 15.4 Å². The third-order valence-electron chi connectivity index (χ3n) is 2.94. The van der Waals surface area contributed by atoms with Crippen LogP contribution >= 0.6 is 0 Å². The molecule has 0 unspecified atom stereocenters. The molecule has 0 radical (unpaired) electrons. The number of rotatable bonds is 4. The minimum atomic E-state index is -0.673. The molecule has 2 aromatic carbocycles. The number of aromatic amines is 1. The molecule has 1 heterocycles. The number of carbonyl (C=O) groups is 1. The lowest BCUT2D eigenvalue weighted by molar-refractivity contribution is 0.0996. The van der Waals surface area contributed by atoms with E-state index in [0.717, 1.165) is 0 Å². The van der Waals surface area contributed by atoms with E-state index in [1.807, 2.05) is 0 Å². The Labute approximate surface area is 124 Å². The first-order valence-electron chi connectivity index (χ1n) is 6.38. The van der Waals surface area contributed by atoms with Gasteiger partial charge in [-0.05, 0) is 36.4 Å². The molecule has 0 saturated carbocycles. The van der Waals surface area contributed by atoms with Gasteiger partial charge in [0.25, 0.3) is 5.91 Å². The predicted octanol–water partition coefficient (Wildman–Crippen LogP) is 2.50. The van der Waals surface area contributed by atoms with Crippen molar-refractivity contribution in [2.24, 2.45) is 5.73 Å². The maximum absolute atomic E-state index is 12.9. The van der Waals surface area contributed by atoms with Crippen LogP contribution < -0.4 is 10.5 Å². The van der Waals surface area contributed by atoms with Crippen LogP contribution in [-0.4, -0.2) is 21.3 Å². The molecule has 7 heteroatoms. The lowest BCUT2D eigenvalue weighted by Crippen LogP contribution is -2.12. The highest BCUT2D eigenvalue weighted by atomic mass is 19.1. The van der Waals surface area contributed by atoms with Crippen LogP contribution in [0.2, 0.25) is 0 Å². The smallest absolute Gasteiger partial charge is 0.271 e. The van der Waals surface area contributed by atoms with Gasteiger partial charge in [-0.2, -0.15) is 15.4 Å². The molecule has 0 bridgehead atoms. The summed E-state index contributed by atoms with van der Waals surface area (Å²) in [6.45, 7) is 0. The van der Waals surface area contributed by atoms with E-state index in [1.165, 1.54) is 24.3 Å². The number of aromatic nitrogens is 3. The van der Waals surface area contributed by atoms with Crippen molar-refractivity contribution in [3.63, 3.8) is 0 Å². The van der Waals surface area contributed by atoms with Gasteiger partial charge in [0.2, 0.25) is 0 Å². The highest BCUT2D eigenvalue weighted by Gasteiger charge is 2.15. The van der Waals surface area contributed by atoms with Gasteiger partial charge in [-0.25, -0.2) is 4.39 Å². The first-order chi connectivity index (χ1) is 10.6. The summed E-state index contributed by atoms with van der Waals surface area (Å²) in [6, 6.07) is 12.6. The molecule has 6 nitrogen and oxygen atoms in total. The molecule has 0 atom stereocenters. The van der Waals surface area contributed by atoms with E-state index in [9.17, 15) is 9.18 Å². The molecule has 3 rings (SSSR count). The van der Waals surface area contributed by atoms with Gasteiger partial charge in [0.1, 0.15) is 23.0 Å². The van der Waals surface area contributed by atoms with Gasteiger partial charge in [-0.15, -0.1) is 0 Å². The van der Waals surface area contributed by atoms with E-state index < -0.39 is 5.91 Å². The molecule has 0 saturated heterocycles. The quantitative estimate of drug-likeness (QED) is 0.773. The zero-order valence-corrected chi connectivity index (χ0v) is 11.3. The third kappa shape index (κ3) is 2.78. The molecular weight excluding hydrogens is 287 g/mol. The summed E-state index contributed by atoms with van der Waals surface area (Å²) in [4.78, 5) is 11.3. The van der Waals surface area contributed by atoms with E-state index in [0.29, 0.717) is 22.8 Å². The minimum Gasteiger partial charge on any atom is -0.457 e. The van der Waals surface area contributed by atoms with Crippen LogP contribution in [0.15, 0.2) is 48.5 Å². The fraction of sp³-hybridized carbons (Fsp3) is 0.